The minimum Gasteiger partial charge on any atom is -0.462 e. The third-order valence-corrected chi connectivity index (χ3v) is 21.7. The molecular formula is C86H164N4O20P2. The van der Waals surface area contributed by atoms with Gasteiger partial charge in [0.25, 0.3) is 11.8 Å². The largest absolute Gasteiger partial charge is 0.472 e. The van der Waals surface area contributed by atoms with E-state index >= 15 is 0 Å². The van der Waals surface area contributed by atoms with E-state index in [0.717, 1.165) is 141 Å². The number of phosphoric acid groups is 2. The van der Waals surface area contributed by atoms with Crippen LogP contribution in [-0.4, -0.2) is 158 Å². The Morgan fingerprint density at radius 3 is 0.911 bits per heavy atom. The predicted octanol–water partition coefficient (Wildman–Crippen LogP) is 19.3. The first-order valence-electron chi connectivity index (χ1n) is 44.8. The highest BCUT2D eigenvalue weighted by Gasteiger charge is 2.32. The van der Waals surface area contributed by atoms with Crippen molar-refractivity contribution in [3.63, 3.8) is 0 Å². The lowest BCUT2D eigenvalue weighted by atomic mass is 10.1. The molecule has 0 radical (unpaired) electrons. The number of amides is 4. The summed E-state index contributed by atoms with van der Waals surface area (Å²) < 4.78 is 71.2. The molecule has 0 spiro atoms. The highest BCUT2D eigenvalue weighted by molar-refractivity contribution is 7.47. The quantitative estimate of drug-likeness (QED) is 0.0121. The maximum atomic E-state index is 13.3. The molecule has 658 valence electrons. The number of nitrogens with one attached hydrogen (secondary N) is 4. The molecule has 112 heavy (non-hydrogen) atoms. The number of aliphatic hydroxyl groups is 2. The summed E-state index contributed by atoms with van der Waals surface area (Å²) in [7, 11) is -9.68. The Balaban J connectivity index is 5.65. The van der Waals surface area contributed by atoms with Gasteiger partial charge in [-0.3, -0.25) is 46.9 Å². The van der Waals surface area contributed by atoms with Crippen LogP contribution in [0.5, 0.6) is 0 Å². The normalized spacial score (nSPS) is 14.5. The van der Waals surface area contributed by atoms with E-state index in [0.29, 0.717) is 64.2 Å². The molecule has 4 unspecified atom stereocenters. The second kappa shape index (κ2) is 78.5. The third-order valence-electron chi connectivity index (χ3n) is 19.7. The SMILES string of the molecule is CCCCCC/C=C\CCCC(=O)O[C@H](CCCCCCC)CCOCC(COP(=O)(O)OCCNC(=O)[C@@H](O)[C@@H](O)C(=O)NCCOP(=O)(O)OCC(COCC[C@@H](CCCCCCC)OC(=O)CCC/C=C\CCCCCC)NC(=O)CCCCCCCCCCCCC)NC(=O)CCCCCCCCCCCCC. The van der Waals surface area contributed by atoms with Crippen LogP contribution in [-0.2, 0) is 74.9 Å². The van der Waals surface area contributed by atoms with Crippen LogP contribution in [0.15, 0.2) is 24.3 Å². The van der Waals surface area contributed by atoms with Crippen molar-refractivity contribution < 1.29 is 94.9 Å². The topological polar surface area (TPSA) is 339 Å². The van der Waals surface area contributed by atoms with Crippen molar-refractivity contribution in [2.45, 2.75) is 425 Å². The minimum absolute atomic E-state index is 0.0967. The summed E-state index contributed by atoms with van der Waals surface area (Å²) in [6.45, 7) is 10.1. The van der Waals surface area contributed by atoms with Gasteiger partial charge in [-0.25, -0.2) is 9.13 Å². The Kier molecular flexibility index (Phi) is 76.0. The molecule has 8 N–H and O–H groups in total. The van der Waals surface area contributed by atoms with Crippen LogP contribution in [0.2, 0.25) is 0 Å². The molecule has 0 heterocycles. The number of carbonyl (C=O) groups excluding carboxylic acids is 6. The zero-order chi connectivity index (χ0) is 82.5. The van der Waals surface area contributed by atoms with E-state index in [-0.39, 0.29) is 75.2 Å². The van der Waals surface area contributed by atoms with E-state index in [1.807, 2.05) is 0 Å². The molecule has 26 heteroatoms. The van der Waals surface area contributed by atoms with Gasteiger partial charge in [0.05, 0.1) is 64.9 Å². The smallest absolute Gasteiger partial charge is 0.462 e. The maximum absolute atomic E-state index is 13.3. The number of esters is 2. The molecule has 0 rings (SSSR count). The number of allylic oxidation sites excluding steroid dienone is 4. The van der Waals surface area contributed by atoms with Gasteiger partial charge < -0.3 is 60.2 Å². The van der Waals surface area contributed by atoms with Crippen LogP contribution in [0.25, 0.3) is 0 Å². The van der Waals surface area contributed by atoms with Gasteiger partial charge in [-0.05, 0) is 89.9 Å². The lowest BCUT2D eigenvalue weighted by Gasteiger charge is -2.22. The van der Waals surface area contributed by atoms with E-state index in [1.165, 1.54) is 128 Å². The molecule has 4 amide bonds. The summed E-state index contributed by atoms with van der Waals surface area (Å²) in [6.07, 6.45) is 56.3. The van der Waals surface area contributed by atoms with Gasteiger partial charge >= 0.3 is 27.6 Å². The van der Waals surface area contributed by atoms with Gasteiger partial charge in [0.15, 0.2) is 12.2 Å². The van der Waals surface area contributed by atoms with Crippen molar-refractivity contribution in [2.75, 3.05) is 65.9 Å². The molecule has 0 bridgehead atoms. The zero-order valence-corrected chi connectivity index (χ0v) is 73.0. The molecule has 24 nitrogen and oxygen atoms in total. The van der Waals surface area contributed by atoms with Crippen LogP contribution in [0.4, 0.5) is 0 Å². The average molecular weight is 1640 g/mol. The number of unbranched alkanes of at least 4 members (excludes halogenated alkanes) is 38. The average Bonchev–Trinajstić information content (AvgIpc) is 0.904. The summed E-state index contributed by atoms with van der Waals surface area (Å²) in [6, 6.07) is -1.76. The van der Waals surface area contributed by atoms with Gasteiger partial charge in [0.2, 0.25) is 11.8 Å². The van der Waals surface area contributed by atoms with Crippen LogP contribution in [0.1, 0.15) is 388 Å². The molecular weight excluding hydrogens is 1470 g/mol. The standard InChI is InChI=1S/C86H164N4O20P2/c1-7-13-19-25-29-33-35-39-41-47-53-59-79(91)89-75(71-103-67-63-77(57-51-45-23-17-11-5)109-81(93)61-55-49-43-37-31-27-21-15-9-3)73-107-111(99,100)105-69-65-87-85(97)83(95)84(96)86(98)88-66-70-106-112(101,102)108-74-76(90-80(92)60-54-48-42-40-36-34-30-26-20-14-8-2)72-104-68-64-78(58-52-46-24-18-12-6)110-82(94)62-56-50-44-38-32-28-22-16-10-4/h37-38,43-44,75-78,83-84,95-96H,7-36,39-42,45-74H2,1-6H3,(H,87,97)(H,88,98)(H,89,91)(H,90,92)(H,99,100)(H,101,102)/b43-37-,44-38-/t75?,76?,77-,78-,83-,84+/m1/s1. The number of hydrogen-bond donors (Lipinski definition) is 8. The third kappa shape index (κ3) is 71.7. The zero-order valence-electron chi connectivity index (χ0n) is 71.2. The van der Waals surface area contributed by atoms with Gasteiger partial charge in [-0.15, -0.1) is 0 Å². The maximum Gasteiger partial charge on any atom is 0.472 e. The number of hydrogen-bond acceptors (Lipinski definition) is 18. The molecule has 0 aliphatic carbocycles. The van der Waals surface area contributed by atoms with Gasteiger partial charge in [0.1, 0.15) is 12.2 Å². The monoisotopic (exact) mass is 1640 g/mol. The van der Waals surface area contributed by atoms with Gasteiger partial charge in [-0.2, -0.15) is 0 Å². The second-order valence-electron chi connectivity index (χ2n) is 30.5. The highest BCUT2D eigenvalue weighted by atomic mass is 31.2. The molecule has 0 fully saturated rings. The molecule has 8 atom stereocenters. The lowest BCUT2D eigenvalue weighted by molar-refractivity contribution is -0.151. The molecule has 0 aliphatic heterocycles. The van der Waals surface area contributed by atoms with Crippen molar-refractivity contribution in [1.82, 2.24) is 21.3 Å². The number of rotatable bonds is 85. The predicted molar refractivity (Wildman–Crippen MR) is 448 cm³/mol. The van der Waals surface area contributed by atoms with Crippen molar-refractivity contribution >= 4 is 51.2 Å². The fourth-order valence-electron chi connectivity index (χ4n) is 12.8. The molecule has 0 aromatic carbocycles. The van der Waals surface area contributed by atoms with E-state index in [2.05, 4.69) is 87.1 Å². The van der Waals surface area contributed by atoms with Crippen molar-refractivity contribution in [2.24, 2.45) is 0 Å². The molecule has 0 saturated heterocycles. The fraction of sp³-hybridized carbons (Fsp3) is 0.884. The highest BCUT2D eigenvalue weighted by Crippen LogP contribution is 2.44. The molecule has 0 aromatic rings. The first-order chi connectivity index (χ1) is 54.3. The van der Waals surface area contributed by atoms with E-state index in [9.17, 15) is 57.9 Å². The van der Waals surface area contributed by atoms with Gasteiger partial charge in [0, 0.05) is 51.6 Å². The van der Waals surface area contributed by atoms with E-state index in [4.69, 9.17) is 37.0 Å². The molecule has 0 aromatic heterocycles. The Morgan fingerprint density at radius 2 is 0.598 bits per heavy atom. The van der Waals surface area contributed by atoms with Crippen LogP contribution < -0.4 is 21.3 Å². The second-order valence-corrected chi connectivity index (χ2v) is 33.5. The van der Waals surface area contributed by atoms with E-state index < -0.39 is 91.3 Å². The van der Waals surface area contributed by atoms with Crippen molar-refractivity contribution in [3.05, 3.63) is 24.3 Å². The Hall–Kier alpha value is -3.64. The first-order valence-corrected chi connectivity index (χ1v) is 47.8. The minimum atomic E-state index is -4.84. The fourth-order valence-corrected chi connectivity index (χ4v) is 14.3. The van der Waals surface area contributed by atoms with Crippen molar-refractivity contribution in [1.29, 1.82) is 0 Å². The van der Waals surface area contributed by atoms with Crippen molar-refractivity contribution in [3.8, 4) is 0 Å². The van der Waals surface area contributed by atoms with Gasteiger partial charge in [-0.1, -0.05) is 284 Å². The summed E-state index contributed by atoms with van der Waals surface area (Å²) in [4.78, 5) is 99.7. The molecule has 0 saturated carbocycles. The number of phosphoric ester groups is 2. The number of ether oxygens (including phenoxy) is 4. The molecule has 0 aliphatic rings. The first kappa shape index (κ1) is 108. The Bertz CT molecular complexity index is 2250. The van der Waals surface area contributed by atoms with Crippen LogP contribution in [0, 0.1) is 0 Å². The Labute approximate surface area is 679 Å². The van der Waals surface area contributed by atoms with Crippen LogP contribution >= 0.6 is 15.6 Å². The summed E-state index contributed by atoms with van der Waals surface area (Å²) in [5.74, 6) is -3.56. The number of aliphatic hydroxyl groups excluding tert-OH is 2. The number of carbonyl (C=O) groups is 6. The summed E-state index contributed by atoms with van der Waals surface area (Å²) in [5.41, 5.74) is 0. The van der Waals surface area contributed by atoms with Crippen LogP contribution in [0.3, 0.4) is 0 Å². The Morgan fingerprint density at radius 1 is 0.321 bits per heavy atom. The summed E-state index contributed by atoms with van der Waals surface area (Å²) in [5, 5.41) is 31.4. The lowest BCUT2D eigenvalue weighted by Crippen LogP contribution is -2.50. The van der Waals surface area contributed by atoms with E-state index in [1.54, 1.807) is 0 Å². The summed E-state index contributed by atoms with van der Waals surface area (Å²) >= 11 is 0.